The van der Waals surface area contributed by atoms with Gasteiger partial charge in [-0.05, 0) is 31.2 Å². The zero-order valence-corrected chi connectivity index (χ0v) is 16.7. The van der Waals surface area contributed by atoms with E-state index in [1.165, 1.54) is 0 Å². The molecule has 6 nitrogen and oxygen atoms in total. The Morgan fingerprint density at radius 1 is 1.14 bits per heavy atom. The molecule has 0 spiro atoms. The van der Waals surface area contributed by atoms with Crippen LogP contribution in [-0.2, 0) is 0 Å². The molecule has 0 saturated heterocycles. The number of carboxylic acid groups (broad SMARTS) is 1. The van der Waals surface area contributed by atoms with Crippen LogP contribution in [0.1, 0.15) is 15.9 Å². The SMILES string of the molecule is COc1ccc(Br)cc1-c1cc(C(=O)O)c2c(-c3ccc(C)cc3)[nH]nc2n1. The minimum Gasteiger partial charge on any atom is -0.496 e. The van der Waals surface area contributed by atoms with Crippen LogP contribution in [-0.4, -0.2) is 33.4 Å². The highest BCUT2D eigenvalue weighted by Gasteiger charge is 2.21. The highest BCUT2D eigenvalue weighted by Crippen LogP contribution is 2.35. The van der Waals surface area contributed by atoms with E-state index >= 15 is 0 Å². The number of hydrogen-bond acceptors (Lipinski definition) is 4. The second kappa shape index (κ2) is 7.09. The van der Waals surface area contributed by atoms with Gasteiger partial charge in [0.2, 0.25) is 0 Å². The number of hydrogen-bond donors (Lipinski definition) is 2. The van der Waals surface area contributed by atoms with E-state index in [0.717, 1.165) is 15.6 Å². The van der Waals surface area contributed by atoms with Gasteiger partial charge >= 0.3 is 5.97 Å². The summed E-state index contributed by atoms with van der Waals surface area (Å²) in [5, 5.41) is 17.6. The Kier molecular flexibility index (Phi) is 4.60. The molecular weight excluding hydrogens is 422 g/mol. The molecule has 0 radical (unpaired) electrons. The number of H-pyrrole nitrogens is 1. The zero-order valence-electron chi connectivity index (χ0n) is 15.2. The molecule has 0 bridgehead atoms. The van der Waals surface area contributed by atoms with E-state index in [2.05, 4.69) is 31.1 Å². The van der Waals surface area contributed by atoms with E-state index in [-0.39, 0.29) is 5.56 Å². The highest BCUT2D eigenvalue weighted by molar-refractivity contribution is 9.10. The summed E-state index contributed by atoms with van der Waals surface area (Å²) in [6.07, 6.45) is 0. The van der Waals surface area contributed by atoms with Crippen molar-refractivity contribution in [1.82, 2.24) is 15.2 Å². The molecule has 0 fully saturated rings. The smallest absolute Gasteiger partial charge is 0.336 e. The van der Waals surface area contributed by atoms with Crippen LogP contribution in [0.5, 0.6) is 5.75 Å². The fourth-order valence-electron chi connectivity index (χ4n) is 3.14. The summed E-state index contributed by atoms with van der Waals surface area (Å²) in [7, 11) is 1.56. The number of carboxylic acids is 1. The lowest BCUT2D eigenvalue weighted by atomic mass is 10.0. The van der Waals surface area contributed by atoms with Gasteiger partial charge in [-0.25, -0.2) is 9.78 Å². The van der Waals surface area contributed by atoms with E-state index in [1.54, 1.807) is 19.2 Å². The standard InChI is InChI=1S/C21H16BrN3O3/c1-11-3-5-12(6-4-11)19-18-15(21(26)27)10-16(23-20(18)25-24-19)14-9-13(22)7-8-17(14)28-2/h3-10H,1-2H3,(H,26,27)(H,23,24,25). The topological polar surface area (TPSA) is 88.1 Å². The predicted octanol–water partition coefficient (Wildman–Crippen LogP) is 5.07. The Morgan fingerprint density at radius 3 is 2.57 bits per heavy atom. The average molecular weight is 438 g/mol. The number of pyridine rings is 1. The molecule has 0 saturated carbocycles. The Labute approximate surface area is 169 Å². The number of fused-ring (bicyclic) bond motifs is 1. The van der Waals surface area contributed by atoms with Crippen LogP contribution in [0.25, 0.3) is 33.5 Å². The number of aromatic carboxylic acids is 1. The number of nitrogens with one attached hydrogen (secondary N) is 1. The van der Waals surface area contributed by atoms with Crippen molar-refractivity contribution in [1.29, 1.82) is 0 Å². The number of aryl methyl sites for hydroxylation is 1. The molecule has 0 amide bonds. The van der Waals surface area contributed by atoms with Crippen molar-refractivity contribution in [2.45, 2.75) is 6.92 Å². The summed E-state index contributed by atoms with van der Waals surface area (Å²) in [4.78, 5) is 16.6. The zero-order chi connectivity index (χ0) is 19.8. The van der Waals surface area contributed by atoms with Gasteiger partial charge in [0.1, 0.15) is 5.75 Å². The number of benzene rings is 2. The van der Waals surface area contributed by atoms with Crippen molar-refractivity contribution in [3.63, 3.8) is 0 Å². The fraction of sp³-hybridized carbons (Fsp3) is 0.0952. The quantitative estimate of drug-likeness (QED) is 0.465. The van der Waals surface area contributed by atoms with Crippen LogP contribution in [0.3, 0.4) is 0 Å². The molecule has 2 aromatic heterocycles. The van der Waals surface area contributed by atoms with Gasteiger partial charge in [0.15, 0.2) is 5.65 Å². The molecule has 2 aromatic carbocycles. The van der Waals surface area contributed by atoms with E-state index in [9.17, 15) is 9.90 Å². The Morgan fingerprint density at radius 2 is 1.89 bits per heavy atom. The molecular formula is C21H16BrN3O3. The molecule has 4 rings (SSSR count). The number of ether oxygens (including phenoxy) is 1. The van der Waals surface area contributed by atoms with Gasteiger partial charge in [-0.2, -0.15) is 5.10 Å². The minimum absolute atomic E-state index is 0.131. The molecule has 4 aromatic rings. The Hall–Kier alpha value is -3.19. The van der Waals surface area contributed by atoms with E-state index in [1.807, 2.05) is 43.3 Å². The first-order valence-electron chi connectivity index (χ1n) is 8.51. The third-order valence-electron chi connectivity index (χ3n) is 4.53. The van der Waals surface area contributed by atoms with Gasteiger partial charge in [0, 0.05) is 15.6 Å². The van der Waals surface area contributed by atoms with Crippen molar-refractivity contribution < 1.29 is 14.6 Å². The predicted molar refractivity (Wildman–Crippen MR) is 111 cm³/mol. The summed E-state index contributed by atoms with van der Waals surface area (Å²) in [6.45, 7) is 2.00. The molecule has 0 aliphatic rings. The van der Waals surface area contributed by atoms with Gasteiger partial charge in [0.05, 0.1) is 29.4 Å². The van der Waals surface area contributed by atoms with Gasteiger partial charge in [-0.3, -0.25) is 5.10 Å². The average Bonchev–Trinajstić information content (AvgIpc) is 3.11. The van der Waals surface area contributed by atoms with Crippen LogP contribution in [0, 0.1) is 6.92 Å². The van der Waals surface area contributed by atoms with Crippen LogP contribution < -0.4 is 4.74 Å². The maximum absolute atomic E-state index is 12.0. The third kappa shape index (κ3) is 3.14. The van der Waals surface area contributed by atoms with E-state index < -0.39 is 5.97 Å². The monoisotopic (exact) mass is 437 g/mol. The molecule has 0 atom stereocenters. The molecule has 2 N–H and O–H groups in total. The molecule has 28 heavy (non-hydrogen) atoms. The molecule has 0 aliphatic carbocycles. The molecule has 2 heterocycles. The van der Waals surface area contributed by atoms with Crippen LogP contribution >= 0.6 is 15.9 Å². The van der Waals surface area contributed by atoms with Gasteiger partial charge in [0.25, 0.3) is 0 Å². The number of halogens is 1. The van der Waals surface area contributed by atoms with Crippen LogP contribution in [0.2, 0.25) is 0 Å². The van der Waals surface area contributed by atoms with Crippen molar-refractivity contribution >= 4 is 32.9 Å². The summed E-state index contributed by atoms with van der Waals surface area (Å²) in [5.41, 5.74) is 4.23. The lowest BCUT2D eigenvalue weighted by Gasteiger charge is -2.10. The lowest BCUT2D eigenvalue weighted by molar-refractivity contribution is 0.0699. The van der Waals surface area contributed by atoms with Crippen molar-refractivity contribution in [2.24, 2.45) is 0 Å². The molecule has 0 unspecified atom stereocenters. The molecule has 0 aliphatic heterocycles. The Bertz CT molecular complexity index is 1200. The number of carbonyl (C=O) groups is 1. The first kappa shape index (κ1) is 18.2. The fourth-order valence-corrected chi connectivity index (χ4v) is 3.50. The van der Waals surface area contributed by atoms with Gasteiger partial charge in [-0.1, -0.05) is 45.8 Å². The van der Waals surface area contributed by atoms with Crippen molar-refractivity contribution in [3.05, 3.63) is 64.1 Å². The number of rotatable bonds is 4. The van der Waals surface area contributed by atoms with Gasteiger partial charge < -0.3 is 9.84 Å². The summed E-state index contributed by atoms with van der Waals surface area (Å²) in [6, 6.07) is 14.8. The minimum atomic E-state index is -1.04. The summed E-state index contributed by atoms with van der Waals surface area (Å²) < 4.78 is 6.25. The second-order valence-electron chi connectivity index (χ2n) is 6.37. The van der Waals surface area contributed by atoms with Crippen molar-refractivity contribution in [3.8, 4) is 28.3 Å². The lowest BCUT2D eigenvalue weighted by Crippen LogP contribution is -2.01. The van der Waals surface area contributed by atoms with Crippen molar-refractivity contribution in [2.75, 3.05) is 7.11 Å². The van der Waals surface area contributed by atoms with Crippen LogP contribution in [0.15, 0.2) is 53.0 Å². The summed E-state index contributed by atoms with van der Waals surface area (Å²) in [5.74, 6) is -0.446. The van der Waals surface area contributed by atoms with E-state index in [4.69, 9.17) is 4.74 Å². The van der Waals surface area contributed by atoms with E-state index in [0.29, 0.717) is 33.7 Å². The largest absolute Gasteiger partial charge is 0.496 e. The normalized spacial score (nSPS) is 11.0. The first-order chi connectivity index (χ1) is 13.5. The maximum Gasteiger partial charge on any atom is 0.336 e. The highest BCUT2D eigenvalue weighted by atomic mass is 79.9. The summed E-state index contributed by atoms with van der Waals surface area (Å²) >= 11 is 3.44. The number of aromatic amines is 1. The Balaban J connectivity index is 1.98. The molecule has 7 heteroatoms. The number of nitrogens with zero attached hydrogens (tertiary/aromatic N) is 2. The van der Waals surface area contributed by atoms with Gasteiger partial charge in [-0.15, -0.1) is 0 Å². The molecule has 140 valence electrons. The third-order valence-corrected chi connectivity index (χ3v) is 5.03. The first-order valence-corrected chi connectivity index (χ1v) is 9.30. The maximum atomic E-state index is 12.0. The number of methoxy groups -OCH3 is 1. The van der Waals surface area contributed by atoms with Crippen LogP contribution in [0.4, 0.5) is 0 Å². The second-order valence-corrected chi connectivity index (χ2v) is 7.28. The number of aromatic nitrogens is 3.